The van der Waals surface area contributed by atoms with Crippen LogP contribution in [-0.4, -0.2) is 83.1 Å². The highest BCUT2D eigenvalue weighted by Crippen LogP contribution is 2.06. The van der Waals surface area contributed by atoms with Crippen molar-refractivity contribution in [3.05, 3.63) is 35.9 Å². The van der Waals surface area contributed by atoms with Crippen LogP contribution >= 0.6 is 0 Å². The van der Waals surface area contributed by atoms with Crippen LogP contribution in [0, 0.1) is 0 Å². The summed E-state index contributed by atoms with van der Waals surface area (Å²) in [5.74, 6) is -5.07. The zero-order chi connectivity index (χ0) is 28.0. The van der Waals surface area contributed by atoms with Crippen LogP contribution < -0.4 is 38.9 Å². The van der Waals surface area contributed by atoms with Crippen LogP contribution in [0.4, 0.5) is 0 Å². The number of aliphatic imine (C=N–C) groups is 1. The number of aliphatic carboxylic acids is 1. The van der Waals surface area contributed by atoms with Gasteiger partial charge in [0.2, 0.25) is 23.6 Å². The number of nitrogens with one attached hydrogen (secondary N) is 3. The smallest absolute Gasteiger partial charge is 0.328 e. The van der Waals surface area contributed by atoms with Crippen molar-refractivity contribution < 1.29 is 34.2 Å². The lowest BCUT2D eigenvalue weighted by Crippen LogP contribution is -2.58. The molecule has 0 aliphatic rings. The third-order valence-corrected chi connectivity index (χ3v) is 5.06. The molecule has 4 unspecified atom stereocenters. The summed E-state index contributed by atoms with van der Waals surface area (Å²) in [7, 11) is 0. The molecular weight excluding hydrogens is 488 g/mol. The summed E-state index contributed by atoms with van der Waals surface area (Å²) in [6, 6.07) is 3.05. The monoisotopic (exact) mass is 522 g/mol. The first-order valence-electron chi connectivity index (χ1n) is 11.3. The number of primary amides is 1. The molecule has 0 aliphatic heterocycles. The number of hydrogen-bond donors (Lipinski definition) is 9. The first-order valence-corrected chi connectivity index (χ1v) is 11.3. The number of nitrogens with zero attached hydrogens (tertiary/aromatic N) is 1. The number of carboxylic acid groups (broad SMARTS) is 1. The topological polar surface area (TPSA) is 278 Å². The largest absolute Gasteiger partial charge is 0.480 e. The zero-order valence-corrected chi connectivity index (χ0v) is 20.1. The minimum atomic E-state index is -1.61. The van der Waals surface area contributed by atoms with Gasteiger partial charge in [0, 0.05) is 13.0 Å². The van der Waals surface area contributed by atoms with Gasteiger partial charge < -0.3 is 49.1 Å². The minimum absolute atomic E-state index is 0.0578. The van der Waals surface area contributed by atoms with Gasteiger partial charge in [-0.1, -0.05) is 30.3 Å². The van der Waals surface area contributed by atoms with Crippen molar-refractivity contribution >= 4 is 35.6 Å². The molecule has 13 N–H and O–H groups in total. The SMILES string of the molecule is NC(=O)CC(NC(=O)C(N)CCCN=C(N)N)C(=O)NC(Cc1ccccc1)C(=O)NC(CO)C(=O)O. The second kappa shape index (κ2) is 15.7. The molecular formula is C22H34N8O7. The van der Waals surface area contributed by atoms with Crippen molar-refractivity contribution in [2.45, 2.75) is 49.9 Å². The molecule has 4 atom stereocenters. The van der Waals surface area contributed by atoms with Crippen LogP contribution in [0.2, 0.25) is 0 Å². The average Bonchev–Trinajstić information content (AvgIpc) is 2.83. The molecule has 204 valence electrons. The first kappa shape index (κ1) is 30.8. The number of aliphatic hydroxyl groups is 1. The maximum Gasteiger partial charge on any atom is 0.328 e. The molecule has 0 saturated heterocycles. The molecule has 15 heteroatoms. The zero-order valence-electron chi connectivity index (χ0n) is 20.1. The molecule has 0 bridgehead atoms. The number of carbonyl (C=O) groups excluding carboxylic acids is 4. The van der Waals surface area contributed by atoms with Gasteiger partial charge >= 0.3 is 5.97 Å². The van der Waals surface area contributed by atoms with Gasteiger partial charge in [-0.2, -0.15) is 0 Å². The number of hydrogen-bond acceptors (Lipinski definition) is 8. The third-order valence-electron chi connectivity index (χ3n) is 5.06. The molecule has 0 saturated carbocycles. The molecule has 1 aromatic rings. The van der Waals surface area contributed by atoms with Crippen LogP contribution in [0.15, 0.2) is 35.3 Å². The predicted octanol–water partition coefficient (Wildman–Crippen LogP) is -3.98. The second-order valence-corrected chi connectivity index (χ2v) is 8.12. The Morgan fingerprint density at radius 3 is 1.97 bits per heavy atom. The van der Waals surface area contributed by atoms with E-state index in [0.717, 1.165) is 0 Å². The van der Waals surface area contributed by atoms with Crippen molar-refractivity contribution in [2.24, 2.45) is 27.9 Å². The summed E-state index contributed by atoms with van der Waals surface area (Å²) >= 11 is 0. The van der Waals surface area contributed by atoms with Gasteiger partial charge in [-0.05, 0) is 18.4 Å². The van der Waals surface area contributed by atoms with Gasteiger partial charge in [-0.15, -0.1) is 0 Å². The van der Waals surface area contributed by atoms with E-state index < -0.39 is 66.8 Å². The molecule has 0 fully saturated rings. The Balaban J connectivity index is 3.00. The van der Waals surface area contributed by atoms with Gasteiger partial charge in [-0.3, -0.25) is 24.2 Å². The number of guanidine groups is 1. The molecule has 0 radical (unpaired) electrons. The standard InChI is InChI=1S/C22H34N8O7/c23-13(7-4-8-27-22(25)26)18(33)28-15(10-17(24)32)20(35)29-14(9-12-5-2-1-3-6-12)19(34)30-16(11-31)21(36)37/h1-3,5-6,13-16,31H,4,7-11,23H2,(H2,24,32)(H,28,33)(H,29,35)(H,30,34)(H,36,37)(H4,25,26,27). The van der Waals surface area contributed by atoms with Crippen LogP contribution in [0.3, 0.4) is 0 Å². The maximum absolute atomic E-state index is 13.0. The number of rotatable bonds is 16. The summed E-state index contributed by atoms with van der Waals surface area (Å²) in [6.45, 7) is -0.648. The van der Waals surface area contributed by atoms with Gasteiger partial charge in [0.1, 0.15) is 18.1 Å². The van der Waals surface area contributed by atoms with E-state index in [4.69, 9.17) is 28.0 Å². The average molecular weight is 523 g/mol. The summed E-state index contributed by atoms with van der Waals surface area (Å²) in [5.41, 5.74) is 22.2. The summed E-state index contributed by atoms with van der Waals surface area (Å²) in [4.78, 5) is 64.9. The summed E-state index contributed by atoms with van der Waals surface area (Å²) in [6.07, 6.45) is -0.109. The summed E-state index contributed by atoms with van der Waals surface area (Å²) < 4.78 is 0. The fraction of sp³-hybridized carbons (Fsp3) is 0.455. The number of nitrogens with two attached hydrogens (primary N) is 4. The van der Waals surface area contributed by atoms with Crippen LogP contribution in [0.1, 0.15) is 24.8 Å². The highest BCUT2D eigenvalue weighted by atomic mass is 16.4. The van der Waals surface area contributed by atoms with E-state index in [1.165, 1.54) is 0 Å². The van der Waals surface area contributed by atoms with E-state index >= 15 is 0 Å². The number of carbonyl (C=O) groups is 5. The Labute approximate surface area is 213 Å². The van der Waals surface area contributed by atoms with Crippen LogP contribution in [0.5, 0.6) is 0 Å². The van der Waals surface area contributed by atoms with Crippen molar-refractivity contribution in [1.29, 1.82) is 0 Å². The Kier molecular flexibility index (Phi) is 13.1. The van der Waals surface area contributed by atoms with Crippen molar-refractivity contribution in [3.8, 4) is 0 Å². The van der Waals surface area contributed by atoms with Gasteiger partial charge in [-0.25, -0.2) is 4.79 Å². The van der Waals surface area contributed by atoms with Gasteiger partial charge in [0.05, 0.1) is 19.1 Å². The molecule has 37 heavy (non-hydrogen) atoms. The van der Waals surface area contributed by atoms with E-state index in [9.17, 15) is 29.1 Å². The van der Waals surface area contributed by atoms with Gasteiger partial charge in [0.15, 0.2) is 5.96 Å². The second-order valence-electron chi connectivity index (χ2n) is 8.12. The quantitative estimate of drug-likeness (QED) is 0.0576. The molecule has 1 rings (SSSR count). The first-order chi connectivity index (χ1) is 17.4. The molecule has 0 aliphatic carbocycles. The molecule has 1 aromatic carbocycles. The Morgan fingerprint density at radius 2 is 1.43 bits per heavy atom. The molecule has 4 amide bonds. The van der Waals surface area contributed by atoms with E-state index in [1.807, 2.05) is 0 Å². The van der Waals surface area contributed by atoms with Crippen LogP contribution in [0.25, 0.3) is 0 Å². The lowest BCUT2D eigenvalue weighted by molar-refractivity contribution is -0.143. The Hall–Kier alpha value is -4.24. The lowest BCUT2D eigenvalue weighted by Gasteiger charge is -2.24. The third kappa shape index (κ3) is 11.8. The normalized spacial score (nSPS) is 13.8. The van der Waals surface area contributed by atoms with Crippen molar-refractivity contribution in [3.63, 3.8) is 0 Å². The fourth-order valence-electron chi connectivity index (χ4n) is 3.13. The van der Waals surface area contributed by atoms with E-state index in [2.05, 4.69) is 20.9 Å². The highest BCUT2D eigenvalue weighted by molar-refractivity contribution is 5.96. The minimum Gasteiger partial charge on any atom is -0.480 e. The number of carboxylic acids is 1. The van der Waals surface area contributed by atoms with Crippen LogP contribution in [-0.2, 0) is 30.4 Å². The predicted molar refractivity (Wildman–Crippen MR) is 132 cm³/mol. The Bertz CT molecular complexity index is 969. The molecule has 0 heterocycles. The van der Waals surface area contributed by atoms with E-state index in [0.29, 0.717) is 12.0 Å². The van der Waals surface area contributed by atoms with E-state index in [1.54, 1.807) is 30.3 Å². The molecule has 15 nitrogen and oxygen atoms in total. The fourth-order valence-corrected chi connectivity index (χ4v) is 3.13. The van der Waals surface area contributed by atoms with Gasteiger partial charge in [0.25, 0.3) is 0 Å². The summed E-state index contributed by atoms with van der Waals surface area (Å²) in [5, 5.41) is 25.3. The number of benzene rings is 1. The number of amides is 4. The molecule has 0 spiro atoms. The van der Waals surface area contributed by atoms with Crippen molar-refractivity contribution in [2.75, 3.05) is 13.2 Å². The highest BCUT2D eigenvalue weighted by Gasteiger charge is 2.31. The van der Waals surface area contributed by atoms with Crippen molar-refractivity contribution in [1.82, 2.24) is 16.0 Å². The number of aliphatic hydroxyl groups excluding tert-OH is 1. The maximum atomic E-state index is 13.0. The van der Waals surface area contributed by atoms with E-state index in [-0.39, 0.29) is 25.3 Å². The molecule has 0 aromatic heterocycles. The Morgan fingerprint density at radius 1 is 0.865 bits per heavy atom. The lowest BCUT2D eigenvalue weighted by atomic mass is 10.0.